The predicted octanol–water partition coefficient (Wildman–Crippen LogP) is 7.33. The van der Waals surface area contributed by atoms with E-state index in [4.69, 9.17) is 4.98 Å². The van der Waals surface area contributed by atoms with Crippen LogP contribution in [0.4, 0.5) is 5.69 Å². The Labute approximate surface area is 200 Å². The second kappa shape index (κ2) is 8.07. The van der Waals surface area contributed by atoms with E-state index in [2.05, 4.69) is 128 Å². The van der Waals surface area contributed by atoms with Gasteiger partial charge in [0.2, 0.25) is 5.69 Å². The first kappa shape index (κ1) is 20.6. The maximum absolute atomic E-state index is 4.87. The van der Waals surface area contributed by atoms with Crippen LogP contribution in [0.25, 0.3) is 27.8 Å². The third kappa shape index (κ3) is 3.34. The van der Waals surface area contributed by atoms with E-state index in [1.165, 1.54) is 33.3 Å². The van der Waals surface area contributed by atoms with E-state index in [1.54, 1.807) is 0 Å². The molecule has 0 spiro atoms. The first-order valence-electron chi connectivity index (χ1n) is 11.8. The van der Waals surface area contributed by atoms with Crippen LogP contribution in [0.3, 0.4) is 0 Å². The van der Waals surface area contributed by atoms with Crippen molar-refractivity contribution in [3.8, 4) is 0 Å². The van der Waals surface area contributed by atoms with E-state index in [0.29, 0.717) is 0 Å². The Morgan fingerprint density at radius 3 is 2.29 bits per heavy atom. The number of pyridine rings is 1. The average Bonchev–Trinajstić information content (AvgIpc) is 3.09. The molecule has 1 unspecified atom stereocenters. The van der Waals surface area contributed by atoms with Gasteiger partial charge in [-0.25, -0.2) is 4.98 Å². The summed E-state index contributed by atoms with van der Waals surface area (Å²) in [5.74, 6) is 0. The van der Waals surface area contributed by atoms with Crippen LogP contribution >= 0.6 is 0 Å². The quantitative estimate of drug-likeness (QED) is 0.268. The predicted molar refractivity (Wildman–Crippen MR) is 143 cm³/mol. The molecule has 0 saturated carbocycles. The molecule has 34 heavy (non-hydrogen) atoms. The molecule has 0 bridgehead atoms. The summed E-state index contributed by atoms with van der Waals surface area (Å²) in [5.41, 5.74) is 7.15. The zero-order chi connectivity index (χ0) is 23.1. The zero-order valence-electron chi connectivity index (χ0n) is 19.6. The maximum Gasteiger partial charge on any atom is 0.210 e. The summed E-state index contributed by atoms with van der Waals surface area (Å²) >= 11 is 0. The molecule has 1 aliphatic heterocycles. The fourth-order valence-electron chi connectivity index (χ4n) is 5.57. The van der Waals surface area contributed by atoms with Gasteiger partial charge in [0.25, 0.3) is 0 Å². The molecule has 0 fully saturated rings. The molecular weight excluding hydrogens is 412 g/mol. The van der Waals surface area contributed by atoms with Gasteiger partial charge < -0.3 is 0 Å². The van der Waals surface area contributed by atoms with Crippen LogP contribution in [-0.4, -0.2) is 22.3 Å². The van der Waals surface area contributed by atoms with Crippen LogP contribution < -0.4 is 0 Å². The van der Waals surface area contributed by atoms with Gasteiger partial charge in [0.15, 0.2) is 5.71 Å². The fourth-order valence-corrected chi connectivity index (χ4v) is 5.57. The summed E-state index contributed by atoms with van der Waals surface area (Å²) in [6.45, 7) is 2.39. The number of benzene rings is 4. The van der Waals surface area contributed by atoms with Gasteiger partial charge in [-0.1, -0.05) is 78.9 Å². The Kier molecular flexibility index (Phi) is 4.88. The second-order valence-corrected chi connectivity index (χ2v) is 9.38. The van der Waals surface area contributed by atoms with Crippen molar-refractivity contribution in [2.24, 2.45) is 0 Å². The molecule has 0 amide bonds. The summed E-state index contributed by atoms with van der Waals surface area (Å²) in [5, 5.41) is 3.78. The van der Waals surface area contributed by atoms with Crippen molar-refractivity contribution in [3.05, 3.63) is 126 Å². The first-order chi connectivity index (χ1) is 16.6. The molecule has 2 nitrogen and oxygen atoms in total. The standard InChI is InChI=1S/C32H27N2/c1-32(22-23-10-4-3-5-11-23)30(21-19-26-18-16-25-13-7-9-15-28(25)33-26)34(2)29-20-17-24-12-6-8-14-27(24)31(29)32/h3-21H,22H2,1-2H3/q+1/b21-19+. The van der Waals surface area contributed by atoms with E-state index in [9.17, 15) is 0 Å². The molecule has 1 aliphatic rings. The SMILES string of the molecule is C[N+]1=C(/C=C/c2ccc3ccccc3n2)C(C)(Cc2ccccc2)c2c1ccc1ccccc21. The topological polar surface area (TPSA) is 15.9 Å². The van der Waals surface area contributed by atoms with Crippen molar-refractivity contribution in [1.82, 2.24) is 4.98 Å². The minimum atomic E-state index is -0.167. The lowest BCUT2D eigenvalue weighted by atomic mass is 9.73. The number of nitrogens with zero attached hydrogens (tertiary/aromatic N) is 2. The number of fused-ring (bicyclic) bond motifs is 4. The molecule has 1 atom stereocenters. The van der Waals surface area contributed by atoms with Gasteiger partial charge in [-0.3, -0.25) is 0 Å². The third-order valence-corrected chi connectivity index (χ3v) is 7.18. The summed E-state index contributed by atoms with van der Waals surface area (Å²) < 4.78 is 2.36. The highest BCUT2D eigenvalue weighted by molar-refractivity contribution is 6.09. The van der Waals surface area contributed by atoms with Crippen LogP contribution in [0.15, 0.2) is 109 Å². The lowest BCUT2D eigenvalue weighted by Gasteiger charge is -2.24. The van der Waals surface area contributed by atoms with E-state index >= 15 is 0 Å². The monoisotopic (exact) mass is 439 g/mol. The number of hydrogen-bond donors (Lipinski definition) is 0. The molecule has 0 radical (unpaired) electrons. The van der Waals surface area contributed by atoms with Gasteiger partial charge in [-0.2, -0.15) is 4.58 Å². The number of aromatic nitrogens is 1. The average molecular weight is 440 g/mol. The Bertz CT molecular complexity index is 1590. The summed E-state index contributed by atoms with van der Waals surface area (Å²) in [6.07, 6.45) is 5.37. The van der Waals surface area contributed by atoms with E-state index < -0.39 is 0 Å². The Morgan fingerprint density at radius 1 is 0.735 bits per heavy atom. The minimum Gasteiger partial charge on any atom is -0.248 e. The van der Waals surface area contributed by atoms with Crippen molar-refractivity contribution in [2.75, 3.05) is 7.05 Å². The molecular formula is C32H27N2+. The van der Waals surface area contributed by atoms with Gasteiger partial charge in [0, 0.05) is 23.1 Å². The van der Waals surface area contributed by atoms with Crippen molar-refractivity contribution >= 4 is 39.2 Å². The molecule has 4 aromatic carbocycles. The van der Waals surface area contributed by atoms with Gasteiger partial charge in [-0.05, 0) is 54.0 Å². The van der Waals surface area contributed by atoms with Crippen molar-refractivity contribution in [1.29, 1.82) is 0 Å². The molecule has 2 heteroatoms. The summed E-state index contributed by atoms with van der Waals surface area (Å²) in [7, 11) is 2.19. The van der Waals surface area contributed by atoms with E-state index in [1.807, 2.05) is 6.07 Å². The number of rotatable bonds is 4. The third-order valence-electron chi connectivity index (χ3n) is 7.18. The molecule has 0 saturated heterocycles. The fraction of sp³-hybridized carbons (Fsp3) is 0.125. The van der Waals surface area contributed by atoms with Gasteiger partial charge in [0.1, 0.15) is 7.05 Å². The first-order valence-corrected chi connectivity index (χ1v) is 11.8. The van der Waals surface area contributed by atoms with Crippen molar-refractivity contribution in [3.63, 3.8) is 0 Å². The normalized spacial score (nSPS) is 17.7. The summed E-state index contributed by atoms with van der Waals surface area (Å²) in [4.78, 5) is 4.87. The van der Waals surface area contributed by atoms with Crippen LogP contribution in [0.1, 0.15) is 23.7 Å². The molecule has 6 rings (SSSR count). The van der Waals surface area contributed by atoms with Crippen LogP contribution in [-0.2, 0) is 11.8 Å². The second-order valence-electron chi connectivity index (χ2n) is 9.38. The lowest BCUT2D eigenvalue weighted by Crippen LogP contribution is -2.33. The zero-order valence-corrected chi connectivity index (χ0v) is 19.6. The van der Waals surface area contributed by atoms with E-state index in [0.717, 1.165) is 23.0 Å². The Morgan fingerprint density at radius 2 is 1.44 bits per heavy atom. The smallest absolute Gasteiger partial charge is 0.210 e. The maximum atomic E-state index is 4.87. The molecule has 0 N–H and O–H groups in total. The van der Waals surface area contributed by atoms with E-state index in [-0.39, 0.29) is 5.41 Å². The molecule has 2 heterocycles. The highest BCUT2D eigenvalue weighted by Gasteiger charge is 2.47. The minimum absolute atomic E-state index is 0.167. The molecule has 5 aromatic rings. The van der Waals surface area contributed by atoms with Crippen molar-refractivity contribution < 1.29 is 4.58 Å². The lowest BCUT2D eigenvalue weighted by molar-refractivity contribution is -0.401. The van der Waals surface area contributed by atoms with Crippen molar-refractivity contribution in [2.45, 2.75) is 18.8 Å². The highest BCUT2D eigenvalue weighted by Crippen LogP contribution is 2.45. The van der Waals surface area contributed by atoms with Crippen LogP contribution in [0.5, 0.6) is 0 Å². The largest absolute Gasteiger partial charge is 0.248 e. The Balaban J connectivity index is 1.50. The number of hydrogen-bond acceptors (Lipinski definition) is 1. The molecule has 164 valence electrons. The highest BCUT2D eigenvalue weighted by atomic mass is 15.0. The van der Waals surface area contributed by atoms with Gasteiger partial charge in [0.05, 0.1) is 16.6 Å². The Hall–Kier alpha value is -4.04. The number of allylic oxidation sites excluding steroid dienone is 1. The van der Waals surface area contributed by atoms with Crippen LogP contribution in [0, 0.1) is 0 Å². The van der Waals surface area contributed by atoms with Gasteiger partial charge in [-0.15, -0.1) is 0 Å². The summed E-state index contributed by atoms with van der Waals surface area (Å²) in [6, 6.07) is 36.6. The molecule has 0 aliphatic carbocycles. The number of para-hydroxylation sites is 1. The molecule has 1 aromatic heterocycles. The van der Waals surface area contributed by atoms with Crippen LogP contribution in [0.2, 0.25) is 0 Å². The van der Waals surface area contributed by atoms with Gasteiger partial charge >= 0.3 is 0 Å².